The highest BCUT2D eigenvalue weighted by molar-refractivity contribution is 5.95. The Balaban J connectivity index is 0.996. The number of likely N-dealkylation sites (tertiary alicyclic amines) is 1. The molecule has 2 aromatic heterocycles. The van der Waals surface area contributed by atoms with Crippen molar-refractivity contribution in [3.05, 3.63) is 60.0 Å². The third-order valence-electron chi connectivity index (χ3n) is 13.3. The molecule has 0 spiro atoms. The summed E-state index contributed by atoms with van der Waals surface area (Å²) in [6.45, 7) is 4.01. The van der Waals surface area contributed by atoms with Crippen molar-refractivity contribution in [3.8, 4) is 16.9 Å². The van der Waals surface area contributed by atoms with Gasteiger partial charge in [0.1, 0.15) is 17.7 Å². The highest BCUT2D eigenvalue weighted by Gasteiger charge is 2.51. The maximum Gasteiger partial charge on any atom is 0.410 e. The van der Waals surface area contributed by atoms with Gasteiger partial charge < -0.3 is 19.5 Å². The maximum absolute atomic E-state index is 14.7. The number of ether oxygens (including phenoxy) is 2. The van der Waals surface area contributed by atoms with Gasteiger partial charge in [-0.15, -0.1) is 0 Å². The number of carbonyl (C=O) groups is 2. The smallest absolute Gasteiger partial charge is 0.410 e. The molecular weight excluding hydrogens is 642 g/mol. The van der Waals surface area contributed by atoms with Gasteiger partial charge in [0.25, 0.3) is 0 Å². The molecule has 0 unspecified atom stereocenters. The first kappa shape index (κ1) is 34.2. The number of rotatable bonds is 10. The van der Waals surface area contributed by atoms with Crippen molar-refractivity contribution in [1.82, 2.24) is 19.7 Å². The van der Waals surface area contributed by atoms with Crippen molar-refractivity contribution in [1.29, 1.82) is 0 Å². The fraction of sp³-hybridized carbons (Fsp3) is 0.610. The van der Waals surface area contributed by atoms with Crippen LogP contribution in [0.15, 0.2) is 48.9 Å². The fourth-order valence-electron chi connectivity index (χ4n) is 9.53. The van der Waals surface area contributed by atoms with Crippen LogP contribution >= 0.6 is 0 Å². The number of methoxy groups -OCH3 is 1. The molecule has 5 saturated carbocycles. The van der Waals surface area contributed by atoms with Gasteiger partial charge in [-0.05, 0) is 136 Å². The number of hydrogen-bond acceptors (Lipinski definition) is 7. The Kier molecular flexibility index (Phi) is 9.32. The summed E-state index contributed by atoms with van der Waals surface area (Å²) in [5.41, 5.74) is 4.96. The topological polar surface area (TPSA) is 110 Å². The summed E-state index contributed by atoms with van der Waals surface area (Å²) in [4.78, 5) is 35.9. The predicted molar refractivity (Wildman–Crippen MR) is 195 cm³/mol. The average Bonchev–Trinajstić information content (AvgIpc) is 3.60. The van der Waals surface area contributed by atoms with Crippen LogP contribution in [0.1, 0.15) is 101 Å². The highest BCUT2D eigenvalue weighted by Crippen LogP contribution is 2.58. The van der Waals surface area contributed by atoms with Gasteiger partial charge in [-0.1, -0.05) is 12.1 Å². The molecule has 51 heavy (non-hydrogen) atoms. The van der Waals surface area contributed by atoms with E-state index in [0.29, 0.717) is 51.4 Å². The van der Waals surface area contributed by atoms with Gasteiger partial charge in [-0.25, -0.2) is 9.78 Å². The molecule has 272 valence electrons. The van der Waals surface area contributed by atoms with E-state index >= 15 is 0 Å². The van der Waals surface area contributed by atoms with Gasteiger partial charge in [-0.2, -0.15) is 5.10 Å². The van der Waals surface area contributed by atoms with Crippen LogP contribution in [0.2, 0.25) is 0 Å². The summed E-state index contributed by atoms with van der Waals surface area (Å²) in [7, 11) is 1.74. The van der Waals surface area contributed by atoms with Crippen molar-refractivity contribution in [2.45, 2.75) is 108 Å². The Labute approximate surface area is 301 Å². The molecule has 6 fully saturated rings. The molecule has 2 amide bonds. The van der Waals surface area contributed by atoms with Crippen molar-refractivity contribution >= 4 is 17.8 Å². The maximum atomic E-state index is 14.7. The van der Waals surface area contributed by atoms with Crippen molar-refractivity contribution in [2.75, 3.05) is 38.3 Å². The lowest BCUT2D eigenvalue weighted by Crippen LogP contribution is -2.52. The Bertz CT molecular complexity index is 1710. The Morgan fingerprint density at radius 3 is 2.35 bits per heavy atom. The van der Waals surface area contributed by atoms with Crippen LogP contribution in [0.4, 0.5) is 10.6 Å². The van der Waals surface area contributed by atoms with E-state index < -0.39 is 0 Å². The number of aliphatic hydroxyl groups excluding tert-OH is 1. The molecule has 3 aromatic rings. The van der Waals surface area contributed by atoms with Gasteiger partial charge in [0.15, 0.2) is 0 Å². The summed E-state index contributed by atoms with van der Waals surface area (Å²) < 4.78 is 13.5. The van der Waals surface area contributed by atoms with E-state index in [-0.39, 0.29) is 47.4 Å². The SMILES string of the molecule is COc1ccc(C23CCC(CN(c4cc(-c5cnn(C6CCC6)c5)ccn4)C(=O)[C@H]4CC[C@H](OC(=O)N5CC(CO)C5)CC4)(CC2)CC3)cc1C. The zero-order chi connectivity index (χ0) is 35.2. The zero-order valence-electron chi connectivity index (χ0n) is 30.3. The second-order valence-corrected chi connectivity index (χ2v) is 16.4. The van der Waals surface area contributed by atoms with E-state index in [9.17, 15) is 14.7 Å². The number of aliphatic hydroxyl groups is 1. The number of benzene rings is 1. The van der Waals surface area contributed by atoms with E-state index in [1.54, 1.807) is 12.0 Å². The quantitative estimate of drug-likeness (QED) is 0.238. The summed E-state index contributed by atoms with van der Waals surface area (Å²) in [6, 6.07) is 11.3. The van der Waals surface area contributed by atoms with Crippen LogP contribution in [-0.4, -0.2) is 76.2 Å². The van der Waals surface area contributed by atoms with Gasteiger partial charge in [0.05, 0.1) is 19.3 Å². The molecule has 1 N–H and O–H groups in total. The summed E-state index contributed by atoms with van der Waals surface area (Å²) in [5.74, 6) is 1.82. The number of amides is 2. The zero-order valence-corrected chi connectivity index (χ0v) is 30.3. The highest BCUT2D eigenvalue weighted by atomic mass is 16.6. The Hall–Kier alpha value is -3.92. The number of pyridine rings is 1. The van der Waals surface area contributed by atoms with Crippen LogP contribution in [-0.2, 0) is 14.9 Å². The molecule has 6 aliphatic rings. The van der Waals surface area contributed by atoms with E-state index in [1.807, 2.05) is 23.4 Å². The molecule has 2 bridgehead atoms. The standard InChI is InChI=1S/C41H53N5O5/c1-28-20-33(8-11-36(28)50-2)41-16-13-40(14-17-41,15-18-41)27-45(37-21-31(12-19-42-37)32-22-43-46(25-32)34-4-3-5-34)38(48)30-6-9-35(10-7-30)51-39(49)44-23-29(24-44)26-47/h8,11-12,19-22,25,29-30,34-35,47H,3-7,9-10,13-18,23-24,26-27H2,1-2H3/t30-,35-,40?,41?. The molecule has 10 heteroatoms. The average molecular weight is 696 g/mol. The first-order valence-electron chi connectivity index (χ1n) is 19.3. The number of carbonyl (C=O) groups excluding carboxylic acids is 2. The number of aryl methyl sites for hydroxylation is 1. The first-order valence-corrected chi connectivity index (χ1v) is 19.3. The van der Waals surface area contributed by atoms with Crippen LogP contribution in [0.25, 0.3) is 11.1 Å². The number of fused-ring (bicyclic) bond motifs is 3. The molecule has 1 saturated heterocycles. The molecule has 0 radical (unpaired) electrons. The monoisotopic (exact) mass is 695 g/mol. The van der Waals surface area contributed by atoms with Gasteiger partial charge in [0, 0.05) is 56.0 Å². The van der Waals surface area contributed by atoms with Gasteiger partial charge in [-0.3, -0.25) is 14.4 Å². The van der Waals surface area contributed by atoms with Gasteiger partial charge in [0.2, 0.25) is 5.91 Å². The lowest BCUT2D eigenvalue weighted by molar-refractivity contribution is -0.124. The molecule has 9 rings (SSSR count). The third kappa shape index (κ3) is 6.64. The number of hydrogen-bond donors (Lipinski definition) is 1. The normalized spacial score (nSPS) is 27.8. The predicted octanol–water partition coefficient (Wildman–Crippen LogP) is 7.23. The van der Waals surface area contributed by atoms with Crippen molar-refractivity contribution < 1.29 is 24.2 Å². The minimum Gasteiger partial charge on any atom is -0.496 e. The van der Waals surface area contributed by atoms with Crippen LogP contribution in [0.3, 0.4) is 0 Å². The Morgan fingerprint density at radius 1 is 0.961 bits per heavy atom. The van der Waals surface area contributed by atoms with Crippen LogP contribution in [0, 0.1) is 24.2 Å². The van der Waals surface area contributed by atoms with E-state index in [4.69, 9.17) is 14.5 Å². The second kappa shape index (κ2) is 13.9. The first-order chi connectivity index (χ1) is 24.8. The van der Waals surface area contributed by atoms with Crippen molar-refractivity contribution in [3.63, 3.8) is 0 Å². The largest absolute Gasteiger partial charge is 0.496 e. The molecule has 10 nitrogen and oxygen atoms in total. The number of aromatic nitrogens is 3. The molecule has 1 aromatic carbocycles. The van der Waals surface area contributed by atoms with E-state index in [1.165, 1.54) is 30.4 Å². The third-order valence-corrected chi connectivity index (χ3v) is 13.3. The molecule has 1 aliphatic heterocycles. The second-order valence-electron chi connectivity index (χ2n) is 16.4. The number of anilines is 1. The van der Waals surface area contributed by atoms with Gasteiger partial charge >= 0.3 is 6.09 Å². The minimum atomic E-state index is -0.299. The summed E-state index contributed by atoms with van der Waals surface area (Å²) >= 11 is 0. The van der Waals surface area contributed by atoms with E-state index in [0.717, 1.165) is 61.2 Å². The molecule has 3 heterocycles. The summed E-state index contributed by atoms with van der Waals surface area (Å²) in [5, 5.41) is 14.0. The van der Waals surface area contributed by atoms with Crippen LogP contribution in [0.5, 0.6) is 5.75 Å². The van der Waals surface area contributed by atoms with Crippen molar-refractivity contribution in [2.24, 2.45) is 17.3 Å². The minimum absolute atomic E-state index is 0.0576. The summed E-state index contributed by atoms with van der Waals surface area (Å²) in [6.07, 6.45) is 18.4. The van der Waals surface area contributed by atoms with E-state index in [2.05, 4.69) is 47.2 Å². The number of nitrogens with zero attached hydrogens (tertiary/aromatic N) is 5. The molecule has 0 atom stereocenters. The fourth-order valence-corrected chi connectivity index (χ4v) is 9.53. The molecular formula is C41H53N5O5. The Morgan fingerprint density at radius 2 is 1.71 bits per heavy atom. The lowest BCUT2D eigenvalue weighted by Gasteiger charge is -2.55. The lowest BCUT2D eigenvalue weighted by atomic mass is 9.51. The van der Waals surface area contributed by atoms with Crippen LogP contribution < -0.4 is 9.64 Å². The molecule has 5 aliphatic carbocycles.